The van der Waals surface area contributed by atoms with Crippen molar-refractivity contribution in [2.75, 3.05) is 11.9 Å². The van der Waals surface area contributed by atoms with Crippen molar-refractivity contribution in [1.29, 1.82) is 5.26 Å². The summed E-state index contributed by atoms with van der Waals surface area (Å²) in [6.45, 7) is 3.91. The van der Waals surface area contributed by atoms with Crippen molar-refractivity contribution in [2.45, 2.75) is 58.4 Å². The van der Waals surface area contributed by atoms with Crippen LogP contribution in [0, 0.1) is 23.2 Å². The molecule has 2 N–H and O–H groups in total. The molecule has 1 atom stereocenters. The summed E-state index contributed by atoms with van der Waals surface area (Å²) in [5.41, 5.74) is 1.82. The van der Waals surface area contributed by atoms with Crippen molar-refractivity contribution < 1.29 is 4.79 Å². The van der Waals surface area contributed by atoms with Gasteiger partial charge in [0.1, 0.15) is 11.1 Å². The van der Waals surface area contributed by atoms with Crippen LogP contribution in [0.5, 0.6) is 0 Å². The third-order valence-corrected chi connectivity index (χ3v) is 6.40. The van der Waals surface area contributed by atoms with Gasteiger partial charge in [-0.05, 0) is 30.4 Å². The molecule has 23 heavy (non-hydrogen) atoms. The molecule has 0 saturated heterocycles. The van der Waals surface area contributed by atoms with Gasteiger partial charge in [-0.25, -0.2) is 0 Å². The Hall–Kier alpha value is -1.38. The molecule has 1 saturated carbocycles. The number of nitrogens with zero attached hydrogens (tertiary/aromatic N) is 1. The summed E-state index contributed by atoms with van der Waals surface area (Å²) in [5.74, 6) is 1.17. The van der Waals surface area contributed by atoms with Gasteiger partial charge in [0.05, 0.1) is 5.56 Å². The smallest absolute Gasteiger partial charge is 0.225 e. The van der Waals surface area contributed by atoms with E-state index < -0.39 is 0 Å². The maximum Gasteiger partial charge on any atom is 0.225 e. The number of carbonyl (C=O) groups is 1. The molecule has 1 fully saturated rings. The van der Waals surface area contributed by atoms with Gasteiger partial charge in [-0.1, -0.05) is 39.0 Å². The zero-order valence-corrected chi connectivity index (χ0v) is 14.6. The number of hydrogen-bond donors (Lipinski definition) is 2. The van der Waals surface area contributed by atoms with Gasteiger partial charge in [0, 0.05) is 17.8 Å². The Morgan fingerprint density at radius 3 is 2.96 bits per heavy atom. The second kappa shape index (κ2) is 7.46. The molecule has 1 aromatic heterocycles. The van der Waals surface area contributed by atoms with E-state index in [0.717, 1.165) is 30.1 Å². The summed E-state index contributed by atoms with van der Waals surface area (Å²) in [6.07, 6.45) is 7.92. The molecule has 1 aromatic rings. The van der Waals surface area contributed by atoms with E-state index >= 15 is 0 Å². The van der Waals surface area contributed by atoms with Crippen LogP contribution in [0.4, 0.5) is 5.00 Å². The zero-order chi connectivity index (χ0) is 16.2. The lowest BCUT2D eigenvalue weighted by atomic mass is 9.79. The zero-order valence-electron chi connectivity index (χ0n) is 13.8. The van der Waals surface area contributed by atoms with E-state index in [0.29, 0.717) is 23.8 Å². The number of amides is 1. The van der Waals surface area contributed by atoms with Crippen molar-refractivity contribution in [3.63, 3.8) is 0 Å². The average Bonchev–Trinajstić information content (AvgIpc) is 2.92. The standard InChI is InChI=1S/C18H25N3OS/c1-12(13-5-3-2-4-6-13)9-17(22)21-18-15(10-19)14-7-8-20-11-16(14)23-18/h12-13,20H,2-9,11H2,1H3,(H,21,22)/t12-/m0/s1. The number of hydrogen-bond acceptors (Lipinski definition) is 4. The number of nitrogens with one attached hydrogen (secondary N) is 2. The average molecular weight is 331 g/mol. The fourth-order valence-electron chi connectivity index (χ4n) is 3.88. The Balaban J connectivity index is 1.63. The van der Waals surface area contributed by atoms with E-state index in [4.69, 9.17) is 0 Å². The van der Waals surface area contributed by atoms with Crippen LogP contribution in [0.1, 0.15) is 61.5 Å². The maximum atomic E-state index is 12.4. The van der Waals surface area contributed by atoms with Crippen molar-refractivity contribution in [1.82, 2.24) is 5.32 Å². The molecule has 1 aliphatic carbocycles. The first-order chi connectivity index (χ1) is 11.2. The highest BCUT2D eigenvalue weighted by molar-refractivity contribution is 7.16. The Labute approximate surface area is 142 Å². The number of thiophene rings is 1. The molecule has 0 radical (unpaired) electrons. The monoisotopic (exact) mass is 331 g/mol. The van der Waals surface area contributed by atoms with E-state index in [9.17, 15) is 10.1 Å². The minimum absolute atomic E-state index is 0.0612. The Morgan fingerprint density at radius 1 is 1.43 bits per heavy atom. The van der Waals surface area contributed by atoms with Crippen LogP contribution in [-0.2, 0) is 17.8 Å². The first kappa shape index (κ1) is 16.5. The fraction of sp³-hybridized carbons (Fsp3) is 0.667. The van der Waals surface area contributed by atoms with Gasteiger partial charge < -0.3 is 10.6 Å². The predicted molar refractivity (Wildman–Crippen MR) is 93.4 cm³/mol. The van der Waals surface area contributed by atoms with Gasteiger partial charge in [0.15, 0.2) is 0 Å². The van der Waals surface area contributed by atoms with E-state index in [1.165, 1.54) is 37.0 Å². The first-order valence-corrected chi connectivity index (χ1v) is 9.56. The van der Waals surface area contributed by atoms with Gasteiger partial charge in [-0.3, -0.25) is 4.79 Å². The topological polar surface area (TPSA) is 64.9 Å². The molecule has 2 heterocycles. The van der Waals surface area contributed by atoms with Crippen LogP contribution in [0.3, 0.4) is 0 Å². The Morgan fingerprint density at radius 2 is 2.22 bits per heavy atom. The second-order valence-electron chi connectivity index (χ2n) is 6.87. The highest BCUT2D eigenvalue weighted by Gasteiger charge is 2.24. The van der Waals surface area contributed by atoms with Crippen LogP contribution >= 0.6 is 11.3 Å². The highest BCUT2D eigenvalue weighted by atomic mass is 32.1. The molecule has 124 valence electrons. The lowest BCUT2D eigenvalue weighted by Crippen LogP contribution is -2.22. The quantitative estimate of drug-likeness (QED) is 0.882. The van der Waals surface area contributed by atoms with Gasteiger partial charge in [-0.2, -0.15) is 5.26 Å². The van der Waals surface area contributed by atoms with Crippen LogP contribution in [0.2, 0.25) is 0 Å². The summed E-state index contributed by atoms with van der Waals surface area (Å²) in [4.78, 5) is 13.6. The molecule has 1 aliphatic heterocycles. The van der Waals surface area contributed by atoms with Gasteiger partial charge in [0.25, 0.3) is 0 Å². The third kappa shape index (κ3) is 3.76. The van der Waals surface area contributed by atoms with E-state index in [1.807, 2.05) is 0 Å². The van der Waals surface area contributed by atoms with Gasteiger partial charge in [0.2, 0.25) is 5.91 Å². The minimum Gasteiger partial charge on any atom is -0.317 e. The fourth-order valence-corrected chi connectivity index (χ4v) is 5.06. The molecule has 1 amide bonds. The highest BCUT2D eigenvalue weighted by Crippen LogP contribution is 2.36. The van der Waals surface area contributed by atoms with Crippen LogP contribution in [0.25, 0.3) is 0 Å². The van der Waals surface area contributed by atoms with Crippen molar-refractivity contribution in [3.8, 4) is 6.07 Å². The van der Waals surface area contributed by atoms with Crippen molar-refractivity contribution in [2.24, 2.45) is 11.8 Å². The van der Waals surface area contributed by atoms with Crippen LogP contribution < -0.4 is 10.6 Å². The van der Waals surface area contributed by atoms with E-state index in [2.05, 4.69) is 23.6 Å². The molecular weight excluding hydrogens is 306 g/mol. The molecule has 0 bridgehead atoms. The Kier molecular flexibility index (Phi) is 5.34. The molecular formula is C18H25N3OS. The minimum atomic E-state index is 0.0612. The summed E-state index contributed by atoms with van der Waals surface area (Å²) < 4.78 is 0. The number of rotatable bonds is 4. The molecule has 5 heteroatoms. The SMILES string of the molecule is C[C@@H](CC(=O)Nc1sc2c(c1C#N)CCNC2)C1CCCCC1. The largest absolute Gasteiger partial charge is 0.317 e. The van der Waals surface area contributed by atoms with Crippen molar-refractivity contribution >= 4 is 22.2 Å². The number of nitriles is 1. The third-order valence-electron chi connectivity index (χ3n) is 5.25. The molecule has 3 rings (SSSR count). The normalized spacial score (nSPS) is 19.7. The summed E-state index contributed by atoms with van der Waals surface area (Å²) >= 11 is 1.56. The molecule has 0 aromatic carbocycles. The predicted octanol–water partition coefficient (Wildman–Crippen LogP) is 3.81. The molecule has 2 aliphatic rings. The molecule has 0 unspecified atom stereocenters. The molecule has 4 nitrogen and oxygen atoms in total. The van der Waals surface area contributed by atoms with E-state index in [1.54, 1.807) is 11.3 Å². The lowest BCUT2D eigenvalue weighted by molar-refractivity contribution is -0.117. The van der Waals surface area contributed by atoms with Crippen LogP contribution in [0.15, 0.2) is 0 Å². The maximum absolute atomic E-state index is 12.4. The van der Waals surface area contributed by atoms with Gasteiger partial charge in [-0.15, -0.1) is 11.3 Å². The Bertz CT molecular complexity index is 611. The number of carbonyl (C=O) groups excluding carboxylic acids is 1. The number of fused-ring (bicyclic) bond motifs is 1. The summed E-state index contributed by atoms with van der Waals surface area (Å²) in [6, 6.07) is 2.29. The summed E-state index contributed by atoms with van der Waals surface area (Å²) in [7, 11) is 0. The van der Waals surface area contributed by atoms with Crippen LogP contribution in [-0.4, -0.2) is 12.5 Å². The lowest BCUT2D eigenvalue weighted by Gasteiger charge is -2.27. The number of anilines is 1. The first-order valence-electron chi connectivity index (χ1n) is 8.74. The van der Waals surface area contributed by atoms with E-state index in [-0.39, 0.29) is 5.91 Å². The summed E-state index contributed by atoms with van der Waals surface area (Å²) in [5, 5.41) is 16.5. The molecule has 0 spiro atoms. The van der Waals surface area contributed by atoms with Crippen molar-refractivity contribution in [3.05, 3.63) is 16.0 Å². The van der Waals surface area contributed by atoms with Gasteiger partial charge >= 0.3 is 0 Å². The second-order valence-corrected chi connectivity index (χ2v) is 7.98.